The summed E-state index contributed by atoms with van der Waals surface area (Å²) in [6.07, 6.45) is 2.07. The number of carbonyl (C=O) groups is 1. The average Bonchev–Trinajstić information content (AvgIpc) is 3.07. The Bertz CT molecular complexity index is 1360. The van der Waals surface area contributed by atoms with Crippen molar-refractivity contribution in [1.82, 2.24) is 14.1 Å². The molecular weight excluding hydrogens is 384 g/mol. The number of hydrogen-bond acceptors (Lipinski definition) is 3. The van der Waals surface area contributed by atoms with E-state index in [1.807, 2.05) is 18.2 Å². The van der Waals surface area contributed by atoms with Crippen LogP contribution in [0.3, 0.4) is 0 Å². The molecule has 0 saturated carbocycles. The molecule has 2 N–H and O–H groups in total. The highest BCUT2D eigenvalue weighted by atomic mass is 32.1. The number of rotatable bonds is 4. The minimum absolute atomic E-state index is 0.188. The molecule has 0 spiro atoms. The van der Waals surface area contributed by atoms with Crippen molar-refractivity contribution >= 4 is 45.6 Å². The fourth-order valence-electron chi connectivity index (χ4n) is 3.48. The largest absolute Gasteiger partial charge is 0.347 e. The fourth-order valence-corrected chi connectivity index (χ4v) is 3.67. The van der Waals surface area contributed by atoms with Crippen LogP contribution in [0.1, 0.15) is 24.2 Å². The second-order valence-corrected chi connectivity index (χ2v) is 8.03. The highest BCUT2D eigenvalue weighted by molar-refractivity contribution is 7.71. The zero-order valence-corrected chi connectivity index (χ0v) is 17.3. The number of nitrogens with one attached hydrogen (secondary N) is 2. The van der Waals surface area contributed by atoms with Crippen molar-refractivity contribution in [1.29, 1.82) is 0 Å². The van der Waals surface area contributed by atoms with Crippen molar-refractivity contribution < 1.29 is 4.79 Å². The third-order valence-electron chi connectivity index (χ3n) is 4.95. The van der Waals surface area contributed by atoms with E-state index in [0.717, 1.165) is 23.1 Å². The molecule has 4 rings (SSSR count). The van der Waals surface area contributed by atoms with Gasteiger partial charge < -0.3 is 14.9 Å². The Kier molecular flexibility index (Phi) is 4.84. The van der Waals surface area contributed by atoms with Crippen LogP contribution in [-0.4, -0.2) is 20.0 Å². The summed E-state index contributed by atoms with van der Waals surface area (Å²) in [4.78, 5) is 28.0. The lowest BCUT2D eigenvalue weighted by Crippen LogP contribution is -2.19. The molecule has 2 aromatic carbocycles. The van der Waals surface area contributed by atoms with Crippen LogP contribution in [0, 0.1) is 10.7 Å². The summed E-state index contributed by atoms with van der Waals surface area (Å²) in [5.74, 6) is 0.315. The van der Waals surface area contributed by atoms with E-state index in [2.05, 4.69) is 41.0 Å². The van der Waals surface area contributed by atoms with Crippen LogP contribution >= 0.6 is 12.2 Å². The molecular formula is C22H22N4O2S. The molecule has 0 atom stereocenters. The summed E-state index contributed by atoms with van der Waals surface area (Å²) in [6, 6.07) is 12.9. The van der Waals surface area contributed by atoms with Gasteiger partial charge in [-0.15, -0.1) is 0 Å². The molecule has 6 nitrogen and oxygen atoms in total. The molecule has 29 heavy (non-hydrogen) atoms. The Labute approximate surface area is 172 Å². The first-order valence-corrected chi connectivity index (χ1v) is 9.87. The summed E-state index contributed by atoms with van der Waals surface area (Å²) in [6.45, 7) is 5.32. The predicted octanol–water partition coefficient (Wildman–Crippen LogP) is 4.46. The van der Waals surface area contributed by atoms with E-state index in [4.69, 9.17) is 12.2 Å². The van der Waals surface area contributed by atoms with Gasteiger partial charge in [0.2, 0.25) is 0 Å². The van der Waals surface area contributed by atoms with E-state index in [0.29, 0.717) is 27.2 Å². The summed E-state index contributed by atoms with van der Waals surface area (Å²) in [5.41, 5.74) is 2.68. The molecule has 0 aliphatic heterocycles. The number of amides is 1. The number of benzene rings is 2. The van der Waals surface area contributed by atoms with Crippen LogP contribution in [0.25, 0.3) is 21.8 Å². The molecule has 0 unspecified atom stereocenters. The molecule has 0 fully saturated rings. The number of carbonyl (C=O) groups excluding carboxylic acids is 1. The van der Waals surface area contributed by atoms with E-state index < -0.39 is 0 Å². The maximum atomic E-state index is 12.7. The first kappa shape index (κ1) is 19.1. The van der Waals surface area contributed by atoms with Gasteiger partial charge >= 0.3 is 0 Å². The molecule has 4 aromatic rings. The summed E-state index contributed by atoms with van der Waals surface area (Å²) in [7, 11) is 1.62. The summed E-state index contributed by atoms with van der Waals surface area (Å²) in [5, 5.41) is 4.50. The minimum Gasteiger partial charge on any atom is -0.347 e. The maximum Gasteiger partial charge on any atom is 0.261 e. The van der Waals surface area contributed by atoms with Crippen LogP contribution in [0.2, 0.25) is 0 Å². The number of hydrogen-bond donors (Lipinski definition) is 2. The maximum absolute atomic E-state index is 12.7. The lowest BCUT2D eigenvalue weighted by molar-refractivity contribution is 0.102. The molecule has 0 saturated heterocycles. The standard InChI is InChI=1S/C22H22N4O2S/c1-13(2)12-26-9-8-14-10-16(5-7-19(14)26)23-20(27)15-4-6-17-18(11-15)24-22(29)25(3)21(17)28/h4-11,13H,12H2,1-3H3,(H,23,27)(H,24,29). The summed E-state index contributed by atoms with van der Waals surface area (Å²) >= 11 is 5.16. The molecule has 7 heteroatoms. The van der Waals surface area contributed by atoms with Gasteiger partial charge in [0.25, 0.3) is 11.5 Å². The molecule has 0 radical (unpaired) electrons. The van der Waals surface area contributed by atoms with Crippen molar-refractivity contribution in [2.24, 2.45) is 13.0 Å². The Morgan fingerprint density at radius 2 is 1.97 bits per heavy atom. The van der Waals surface area contributed by atoms with Crippen LogP contribution < -0.4 is 10.9 Å². The third kappa shape index (κ3) is 3.61. The van der Waals surface area contributed by atoms with Crippen molar-refractivity contribution in [3.63, 3.8) is 0 Å². The second-order valence-electron chi connectivity index (χ2n) is 7.64. The van der Waals surface area contributed by atoms with Crippen LogP contribution in [0.5, 0.6) is 0 Å². The molecule has 0 bridgehead atoms. The third-order valence-corrected chi connectivity index (χ3v) is 5.33. The second kappa shape index (κ2) is 7.33. The van der Waals surface area contributed by atoms with E-state index >= 15 is 0 Å². The van der Waals surface area contributed by atoms with Gasteiger partial charge in [-0.2, -0.15) is 0 Å². The lowest BCUT2D eigenvalue weighted by Gasteiger charge is -2.10. The number of fused-ring (bicyclic) bond motifs is 2. The van der Waals surface area contributed by atoms with Gasteiger partial charge in [0.1, 0.15) is 0 Å². The Hall–Kier alpha value is -3.19. The first-order valence-electron chi connectivity index (χ1n) is 9.47. The highest BCUT2D eigenvalue weighted by Crippen LogP contribution is 2.22. The van der Waals surface area contributed by atoms with Crippen LogP contribution in [0.4, 0.5) is 5.69 Å². The molecule has 2 aromatic heterocycles. The zero-order valence-electron chi connectivity index (χ0n) is 16.5. The first-order chi connectivity index (χ1) is 13.8. The molecule has 1 amide bonds. The van der Waals surface area contributed by atoms with Gasteiger partial charge in [-0.1, -0.05) is 13.8 Å². The Morgan fingerprint density at radius 3 is 2.72 bits per heavy atom. The predicted molar refractivity (Wildman–Crippen MR) is 119 cm³/mol. The number of anilines is 1. The van der Waals surface area contributed by atoms with Crippen LogP contribution in [-0.2, 0) is 13.6 Å². The molecule has 148 valence electrons. The minimum atomic E-state index is -0.243. The van der Waals surface area contributed by atoms with Crippen molar-refractivity contribution in [3.05, 3.63) is 69.3 Å². The number of aromatic amines is 1. The molecule has 0 aliphatic carbocycles. The van der Waals surface area contributed by atoms with Crippen molar-refractivity contribution in [3.8, 4) is 0 Å². The smallest absolute Gasteiger partial charge is 0.261 e. The Balaban J connectivity index is 1.63. The molecule has 2 heterocycles. The zero-order chi connectivity index (χ0) is 20.7. The van der Waals surface area contributed by atoms with Gasteiger partial charge in [0.15, 0.2) is 4.77 Å². The van der Waals surface area contributed by atoms with Crippen molar-refractivity contribution in [2.45, 2.75) is 20.4 Å². The summed E-state index contributed by atoms with van der Waals surface area (Å²) < 4.78 is 3.91. The Morgan fingerprint density at radius 1 is 1.17 bits per heavy atom. The van der Waals surface area contributed by atoms with Gasteiger partial charge in [0, 0.05) is 41.9 Å². The van der Waals surface area contributed by atoms with E-state index in [9.17, 15) is 9.59 Å². The van der Waals surface area contributed by atoms with Gasteiger partial charge in [0.05, 0.1) is 10.9 Å². The highest BCUT2D eigenvalue weighted by Gasteiger charge is 2.11. The number of nitrogens with zero attached hydrogens (tertiary/aromatic N) is 2. The normalized spacial score (nSPS) is 11.4. The van der Waals surface area contributed by atoms with Gasteiger partial charge in [-0.05, 0) is 60.6 Å². The van der Waals surface area contributed by atoms with Crippen LogP contribution in [0.15, 0.2) is 53.5 Å². The monoisotopic (exact) mass is 406 g/mol. The topological polar surface area (TPSA) is 71.8 Å². The quantitative estimate of drug-likeness (QED) is 0.492. The van der Waals surface area contributed by atoms with Gasteiger partial charge in [-0.3, -0.25) is 14.2 Å². The molecule has 0 aliphatic rings. The fraction of sp³-hybridized carbons (Fsp3) is 0.227. The van der Waals surface area contributed by atoms with E-state index in [1.165, 1.54) is 4.57 Å². The van der Waals surface area contributed by atoms with E-state index in [-0.39, 0.29) is 11.5 Å². The lowest BCUT2D eigenvalue weighted by atomic mass is 10.1. The SMILES string of the molecule is CC(C)Cn1ccc2cc(NC(=O)c3ccc4c(=O)n(C)c(=S)[nH]c4c3)ccc21. The van der Waals surface area contributed by atoms with Crippen molar-refractivity contribution in [2.75, 3.05) is 5.32 Å². The average molecular weight is 407 g/mol. The van der Waals surface area contributed by atoms with E-state index in [1.54, 1.807) is 25.2 Å². The number of H-pyrrole nitrogens is 1. The number of aromatic nitrogens is 3. The van der Waals surface area contributed by atoms with Gasteiger partial charge in [-0.25, -0.2) is 0 Å².